The summed E-state index contributed by atoms with van der Waals surface area (Å²) in [5.41, 5.74) is 8.47. The van der Waals surface area contributed by atoms with Gasteiger partial charge in [0.2, 0.25) is 0 Å². The largest absolute Gasteiger partial charge is 0.494 e. The Morgan fingerprint density at radius 1 is 1.16 bits per heavy atom. The summed E-state index contributed by atoms with van der Waals surface area (Å²) in [7, 11) is 0. The molecule has 0 saturated heterocycles. The summed E-state index contributed by atoms with van der Waals surface area (Å²) < 4.78 is 18.9. The van der Waals surface area contributed by atoms with Crippen molar-refractivity contribution in [3.8, 4) is 5.75 Å². The summed E-state index contributed by atoms with van der Waals surface area (Å²) in [6, 6.07) is 10.4. The molecular weight excluding hydrogens is 243 g/mol. The third kappa shape index (κ3) is 3.37. The molecule has 100 valence electrons. The van der Waals surface area contributed by atoms with Crippen molar-refractivity contribution in [1.29, 1.82) is 0 Å². The highest BCUT2D eigenvalue weighted by Crippen LogP contribution is 2.26. The van der Waals surface area contributed by atoms with Gasteiger partial charge in [-0.25, -0.2) is 4.39 Å². The van der Waals surface area contributed by atoms with Crippen LogP contribution in [-0.2, 0) is 0 Å². The lowest BCUT2D eigenvalue weighted by Gasteiger charge is -2.11. The minimum atomic E-state index is -0.237. The third-order valence-corrected chi connectivity index (χ3v) is 2.70. The number of anilines is 3. The Labute approximate surface area is 112 Å². The monoisotopic (exact) mass is 260 g/mol. The van der Waals surface area contributed by atoms with E-state index in [0.29, 0.717) is 29.3 Å². The van der Waals surface area contributed by atoms with Crippen LogP contribution in [0.1, 0.15) is 12.5 Å². The van der Waals surface area contributed by atoms with Crippen molar-refractivity contribution in [3.05, 3.63) is 47.8 Å². The molecule has 0 fully saturated rings. The van der Waals surface area contributed by atoms with Crippen LogP contribution in [0, 0.1) is 12.7 Å². The van der Waals surface area contributed by atoms with Crippen molar-refractivity contribution >= 4 is 17.1 Å². The molecule has 0 aliphatic carbocycles. The van der Waals surface area contributed by atoms with E-state index in [2.05, 4.69) is 5.32 Å². The number of aryl methyl sites for hydroxylation is 1. The quantitative estimate of drug-likeness (QED) is 0.821. The second-order valence-corrected chi connectivity index (χ2v) is 4.31. The highest BCUT2D eigenvalue weighted by Gasteiger charge is 2.03. The fourth-order valence-corrected chi connectivity index (χ4v) is 1.78. The maximum atomic E-state index is 13.5. The summed E-state index contributed by atoms with van der Waals surface area (Å²) in [5, 5.41) is 3.11. The molecule has 0 amide bonds. The first kappa shape index (κ1) is 13.2. The van der Waals surface area contributed by atoms with Gasteiger partial charge in [-0.3, -0.25) is 0 Å². The Hall–Kier alpha value is -2.23. The van der Waals surface area contributed by atoms with Gasteiger partial charge >= 0.3 is 0 Å². The van der Waals surface area contributed by atoms with Crippen LogP contribution < -0.4 is 15.8 Å². The van der Waals surface area contributed by atoms with Gasteiger partial charge in [-0.1, -0.05) is 6.07 Å². The average Bonchev–Trinajstić information content (AvgIpc) is 2.33. The molecule has 0 heterocycles. The SMILES string of the molecule is CCOc1cc(N)cc(Nc2ccc(C)c(F)c2)c1. The first-order valence-corrected chi connectivity index (χ1v) is 6.15. The zero-order chi connectivity index (χ0) is 13.8. The van der Waals surface area contributed by atoms with E-state index in [-0.39, 0.29) is 5.82 Å². The van der Waals surface area contributed by atoms with Crippen LogP contribution in [0.3, 0.4) is 0 Å². The number of hydrogen-bond acceptors (Lipinski definition) is 3. The Kier molecular flexibility index (Phi) is 3.90. The van der Waals surface area contributed by atoms with Gasteiger partial charge in [0.25, 0.3) is 0 Å². The molecule has 0 radical (unpaired) electrons. The number of nitrogens with one attached hydrogen (secondary N) is 1. The van der Waals surface area contributed by atoms with E-state index in [1.807, 2.05) is 19.1 Å². The number of rotatable bonds is 4. The average molecular weight is 260 g/mol. The Morgan fingerprint density at radius 3 is 2.63 bits per heavy atom. The normalized spacial score (nSPS) is 10.3. The summed E-state index contributed by atoms with van der Waals surface area (Å²) in [6.45, 7) is 4.21. The van der Waals surface area contributed by atoms with Gasteiger partial charge in [-0.2, -0.15) is 0 Å². The zero-order valence-electron chi connectivity index (χ0n) is 11.0. The molecule has 0 aliphatic rings. The number of halogens is 1. The molecule has 0 spiro atoms. The van der Waals surface area contributed by atoms with Gasteiger partial charge in [0.1, 0.15) is 11.6 Å². The highest BCUT2D eigenvalue weighted by atomic mass is 19.1. The van der Waals surface area contributed by atoms with Crippen molar-refractivity contribution in [2.24, 2.45) is 0 Å². The smallest absolute Gasteiger partial charge is 0.128 e. The van der Waals surface area contributed by atoms with Crippen molar-refractivity contribution in [1.82, 2.24) is 0 Å². The maximum Gasteiger partial charge on any atom is 0.128 e. The molecular formula is C15H17FN2O. The second-order valence-electron chi connectivity index (χ2n) is 4.31. The molecule has 0 unspecified atom stereocenters. The molecule has 2 aromatic rings. The van der Waals surface area contributed by atoms with Gasteiger partial charge in [0, 0.05) is 29.2 Å². The van der Waals surface area contributed by atoms with Gasteiger partial charge in [-0.05, 0) is 37.6 Å². The van der Waals surface area contributed by atoms with E-state index in [4.69, 9.17) is 10.5 Å². The fourth-order valence-electron chi connectivity index (χ4n) is 1.78. The van der Waals surface area contributed by atoms with Crippen LogP contribution in [0.5, 0.6) is 5.75 Å². The lowest BCUT2D eigenvalue weighted by atomic mass is 10.2. The van der Waals surface area contributed by atoms with Crippen LogP contribution in [0.15, 0.2) is 36.4 Å². The van der Waals surface area contributed by atoms with Crippen LogP contribution in [0.4, 0.5) is 21.5 Å². The van der Waals surface area contributed by atoms with Gasteiger partial charge < -0.3 is 15.8 Å². The van der Waals surface area contributed by atoms with E-state index in [0.717, 1.165) is 5.69 Å². The molecule has 4 heteroatoms. The second kappa shape index (κ2) is 5.61. The topological polar surface area (TPSA) is 47.3 Å². The summed E-state index contributed by atoms with van der Waals surface area (Å²) in [4.78, 5) is 0. The predicted molar refractivity (Wildman–Crippen MR) is 76.4 cm³/mol. The Bertz CT molecular complexity index is 584. The number of nitrogens with two attached hydrogens (primary N) is 1. The van der Waals surface area contributed by atoms with Crippen molar-refractivity contribution < 1.29 is 9.13 Å². The number of ether oxygens (including phenoxy) is 1. The molecule has 3 N–H and O–H groups in total. The molecule has 3 nitrogen and oxygen atoms in total. The first-order valence-electron chi connectivity index (χ1n) is 6.15. The lowest BCUT2D eigenvalue weighted by molar-refractivity contribution is 0.340. The van der Waals surface area contributed by atoms with Crippen molar-refractivity contribution in [3.63, 3.8) is 0 Å². The van der Waals surface area contributed by atoms with Gasteiger partial charge in [0.15, 0.2) is 0 Å². The standard InChI is InChI=1S/C15H17FN2O/c1-3-19-14-7-11(17)6-13(8-14)18-12-5-4-10(2)15(16)9-12/h4-9,18H,3,17H2,1-2H3. The van der Waals surface area contributed by atoms with Crippen LogP contribution in [-0.4, -0.2) is 6.61 Å². The molecule has 0 atom stereocenters. The number of nitrogen functional groups attached to an aromatic ring is 1. The van der Waals surface area contributed by atoms with E-state index >= 15 is 0 Å². The zero-order valence-corrected chi connectivity index (χ0v) is 11.0. The van der Waals surface area contributed by atoms with Crippen LogP contribution in [0.2, 0.25) is 0 Å². The third-order valence-electron chi connectivity index (χ3n) is 2.70. The summed E-state index contributed by atoms with van der Waals surface area (Å²) >= 11 is 0. The van der Waals surface area contributed by atoms with E-state index < -0.39 is 0 Å². The first-order chi connectivity index (χ1) is 9.08. The van der Waals surface area contributed by atoms with Crippen molar-refractivity contribution in [2.75, 3.05) is 17.7 Å². The van der Waals surface area contributed by atoms with E-state index in [1.54, 1.807) is 25.1 Å². The fraction of sp³-hybridized carbons (Fsp3) is 0.200. The molecule has 2 aromatic carbocycles. The number of benzene rings is 2. The molecule has 0 aromatic heterocycles. The Morgan fingerprint density at radius 2 is 1.95 bits per heavy atom. The highest BCUT2D eigenvalue weighted by molar-refractivity contribution is 5.66. The molecule has 0 aliphatic heterocycles. The lowest BCUT2D eigenvalue weighted by Crippen LogP contribution is -1.97. The number of hydrogen-bond donors (Lipinski definition) is 2. The molecule has 0 saturated carbocycles. The molecule has 2 rings (SSSR count). The summed E-state index contributed by atoms with van der Waals surface area (Å²) in [5.74, 6) is 0.455. The maximum absolute atomic E-state index is 13.5. The predicted octanol–water partition coefficient (Wildman–Crippen LogP) is 3.86. The molecule has 0 bridgehead atoms. The Balaban J connectivity index is 2.24. The van der Waals surface area contributed by atoms with Gasteiger partial charge in [0.05, 0.1) is 6.61 Å². The van der Waals surface area contributed by atoms with Crippen molar-refractivity contribution in [2.45, 2.75) is 13.8 Å². The van der Waals surface area contributed by atoms with E-state index in [1.165, 1.54) is 6.07 Å². The minimum Gasteiger partial charge on any atom is -0.494 e. The summed E-state index contributed by atoms with van der Waals surface area (Å²) in [6.07, 6.45) is 0. The van der Waals surface area contributed by atoms with E-state index in [9.17, 15) is 4.39 Å². The van der Waals surface area contributed by atoms with Crippen LogP contribution in [0.25, 0.3) is 0 Å². The van der Waals surface area contributed by atoms with Gasteiger partial charge in [-0.15, -0.1) is 0 Å². The molecule has 19 heavy (non-hydrogen) atoms. The van der Waals surface area contributed by atoms with Crippen LogP contribution >= 0.6 is 0 Å². The minimum absolute atomic E-state index is 0.237.